The molecular formula is C18H14N4O3. The average molecular weight is 334 g/mol. The summed E-state index contributed by atoms with van der Waals surface area (Å²) in [4.78, 5) is 15.1. The Balaban J connectivity index is 2.00. The van der Waals surface area contributed by atoms with Crippen LogP contribution in [0.1, 0.15) is 17.0 Å². The van der Waals surface area contributed by atoms with Crippen LogP contribution >= 0.6 is 0 Å². The molecule has 3 rings (SSSR count). The van der Waals surface area contributed by atoms with Gasteiger partial charge in [-0.3, -0.25) is 10.1 Å². The van der Waals surface area contributed by atoms with E-state index in [1.54, 1.807) is 26.0 Å². The lowest BCUT2D eigenvalue weighted by Crippen LogP contribution is -2.00. The molecule has 0 saturated carbocycles. The second-order valence-corrected chi connectivity index (χ2v) is 5.53. The van der Waals surface area contributed by atoms with E-state index in [0.717, 1.165) is 5.56 Å². The first-order valence-electron chi connectivity index (χ1n) is 7.48. The van der Waals surface area contributed by atoms with Gasteiger partial charge in [0.05, 0.1) is 4.92 Å². The molecule has 0 atom stereocenters. The van der Waals surface area contributed by atoms with E-state index in [9.17, 15) is 15.4 Å². The van der Waals surface area contributed by atoms with Gasteiger partial charge in [0, 0.05) is 12.3 Å². The lowest BCUT2D eigenvalue weighted by molar-refractivity contribution is -0.384. The first kappa shape index (κ1) is 16.2. The van der Waals surface area contributed by atoms with Gasteiger partial charge in [-0.2, -0.15) is 5.26 Å². The summed E-state index contributed by atoms with van der Waals surface area (Å²) in [6.45, 7) is 3.56. The molecule has 0 spiro atoms. The van der Waals surface area contributed by atoms with Gasteiger partial charge in [-0.15, -0.1) is 0 Å². The molecule has 0 aliphatic carbocycles. The highest BCUT2D eigenvalue weighted by molar-refractivity contribution is 5.81. The Hall–Kier alpha value is -3.66. The van der Waals surface area contributed by atoms with Crippen molar-refractivity contribution in [3.05, 3.63) is 69.7 Å². The fraction of sp³-hybridized carbons (Fsp3) is 0.111. The van der Waals surface area contributed by atoms with Crippen LogP contribution < -0.4 is 5.32 Å². The van der Waals surface area contributed by atoms with E-state index in [4.69, 9.17) is 4.42 Å². The third-order valence-electron chi connectivity index (χ3n) is 3.66. The number of aromatic nitrogens is 1. The standard InChI is InChI=1S/C18H14N4O3/c1-11-7-12(2)17(15(8-11)22(23)24)20-10-13(9-19)18-21-14-5-3-4-6-16(14)25-18/h3-8,10,20H,1-2H3/b13-10-. The van der Waals surface area contributed by atoms with E-state index in [1.165, 1.54) is 12.3 Å². The fourth-order valence-corrected chi connectivity index (χ4v) is 2.55. The summed E-state index contributed by atoms with van der Waals surface area (Å²) in [5.74, 6) is 0.156. The molecule has 124 valence electrons. The molecule has 0 fully saturated rings. The van der Waals surface area contributed by atoms with Crippen molar-refractivity contribution in [2.24, 2.45) is 0 Å². The number of para-hydroxylation sites is 2. The van der Waals surface area contributed by atoms with Crippen LogP contribution in [-0.4, -0.2) is 9.91 Å². The summed E-state index contributed by atoms with van der Waals surface area (Å²) in [5.41, 5.74) is 3.12. The molecule has 0 amide bonds. The largest absolute Gasteiger partial charge is 0.435 e. The number of hydrogen-bond acceptors (Lipinski definition) is 6. The number of nitro groups is 1. The Morgan fingerprint density at radius 1 is 1.36 bits per heavy atom. The highest BCUT2D eigenvalue weighted by atomic mass is 16.6. The van der Waals surface area contributed by atoms with E-state index in [0.29, 0.717) is 22.4 Å². The van der Waals surface area contributed by atoms with Crippen molar-refractivity contribution in [1.29, 1.82) is 5.26 Å². The molecule has 2 aromatic carbocycles. The highest BCUT2D eigenvalue weighted by Crippen LogP contribution is 2.30. The number of rotatable bonds is 4. The quantitative estimate of drug-likeness (QED) is 0.432. The number of benzene rings is 2. The smallest absolute Gasteiger partial charge is 0.293 e. The molecular weight excluding hydrogens is 320 g/mol. The molecule has 25 heavy (non-hydrogen) atoms. The van der Waals surface area contributed by atoms with Crippen LogP contribution in [0.15, 0.2) is 47.0 Å². The van der Waals surface area contributed by atoms with Crippen molar-refractivity contribution >= 4 is 28.0 Å². The van der Waals surface area contributed by atoms with Crippen molar-refractivity contribution < 1.29 is 9.34 Å². The molecule has 1 heterocycles. The summed E-state index contributed by atoms with van der Waals surface area (Å²) in [6.07, 6.45) is 1.37. The topological polar surface area (TPSA) is 105 Å². The minimum absolute atomic E-state index is 0.0522. The number of anilines is 1. The van der Waals surface area contributed by atoms with Gasteiger partial charge < -0.3 is 9.73 Å². The minimum atomic E-state index is -0.457. The van der Waals surface area contributed by atoms with Crippen molar-refractivity contribution in [3.63, 3.8) is 0 Å². The van der Waals surface area contributed by atoms with Crippen LogP contribution in [0.5, 0.6) is 0 Å². The Morgan fingerprint density at radius 3 is 2.80 bits per heavy atom. The van der Waals surface area contributed by atoms with Gasteiger partial charge in [0.25, 0.3) is 5.69 Å². The van der Waals surface area contributed by atoms with Gasteiger partial charge in [-0.1, -0.05) is 18.2 Å². The van der Waals surface area contributed by atoms with Crippen LogP contribution in [0.4, 0.5) is 11.4 Å². The zero-order chi connectivity index (χ0) is 18.0. The van der Waals surface area contributed by atoms with Crippen molar-refractivity contribution in [3.8, 4) is 6.07 Å². The van der Waals surface area contributed by atoms with E-state index in [-0.39, 0.29) is 17.2 Å². The van der Waals surface area contributed by atoms with Gasteiger partial charge in [0.1, 0.15) is 22.8 Å². The second kappa shape index (κ2) is 6.45. The molecule has 0 unspecified atom stereocenters. The maximum absolute atomic E-state index is 11.3. The summed E-state index contributed by atoms with van der Waals surface area (Å²) in [7, 11) is 0. The normalized spacial score (nSPS) is 11.3. The Labute approximate surface area is 143 Å². The number of hydrogen-bond donors (Lipinski definition) is 1. The van der Waals surface area contributed by atoms with Crippen molar-refractivity contribution in [2.75, 3.05) is 5.32 Å². The monoisotopic (exact) mass is 334 g/mol. The van der Waals surface area contributed by atoms with E-state index < -0.39 is 4.92 Å². The lowest BCUT2D eigenvalue weighted by Gasteiger charge is -2.08. The van der Waals surface area contributed by atoms with Gasteiger partial charge in [0.2, 0.25) is 5.89 Å². The lowest BCUT2D eigenvalue weighted by atomic mass is 10.1. The summed E-state index contributed by atoms with van der Waals surface area (Å²) < 4.78 is 5.56. The highest BCUT2D eigenvalue weighted by Gasteiger charge is 2.17. The molecule has 1 N–H and O–H groups in total. The summed E-state index contributed by atoms with van der Waals surface area (Å²) >= 11 is 0. The zero-order valence-electron chi connectivity index (χ0n) is 13.6. The molecule has 3 aromatic rings. The first-order valence-corrected chi connectivity index (χ1v) is 7.48. The fourth-order valence-electron chi connectivity index (χ4n) is 2.55. The summed E-state index contributed by atoms with van der Waals surface area (Å²) in [5, 5.41) is 23.5. The third-order valence-corrected chi connectivity index (χ3v) is 3.66. The number of allylic oxidation sites excluding steroid dienone is 1. The van der Waals surface area contributed by atoms with Crippen LogP contribution in [0.3, 0.4) is 0 Å². The van der Waals surface area contributed by atoms with Gasteiger partial charge in [-0.05, 0) is 37.1 Å². The number of nitriles is 1. The Kier molecular flexibility index (Phi) is 4.18. The number of fused-ring (bicyclic) bond motifs is 1. The first-order chi connectivity index (χ1) is 12.0. The van der Waals surface area contributed by atoms with E-state index in [1.807, 2.05) is 24.3 Å². The number of nitrogens with zero attached hydrogens (tertiary/aromatic N) is 3. The predicted octanol–water partition coefficient (Wildman–Crippen LogP) is 4.33. The predicted molar refractivity (Wildman–Crippen MR) is 93.8 cm³/mol. The number of nitrogens with one attached hydrogen (secondary N) is 1. The van der Waals surface area contributed by atoms with E-state index in [2.05, 4.69) is 10.3 Å². The third kappa shape index (κ3) is 3.19. The Morgan fingerprint density at radius 2 is 2.12 bits per heavy atom. The zero-order valence-corrected chi connectivity index (χ0v) is 13.6. The molecule has 0 aliphatic rings. The van der Waals surface area contributed by atoms with Crippen molar-refractivity contribution in [1.82, 2.24) is 4.98 Å². The SMILES string of the molecule is Cc1cc(C)c(N/C=C(/C#N)c2nc3ccccc3o2)c([N+](=O)[O-])c1. The molecule has 7 heteroatoms. The maximum Gasteiger partial charge on any atom is 0.293 e. The Bertz CT molecular complexity index is 1010. The van der Waals surface area contributed by atoms with Crippen LogP contribution in [0.25, 0.3) is 16.7 Å². The van der Waals surface area contributed by atoms with Crippen LogP contribution in [-0.2, 0) is 0 Å². The van der Waals surface area contributed by atoms with Gasteiger partial charge >= 0.3 is 0 Å². The minimum Gasteiger partial charge on any atom is -0.435 e. The molecule has 7 nitrogen and oxygen atoms in total. The molecule has 0 bridgehead atoms. The summed E-state index contributed by atoms with van der Waals surface area (Å²) in [6, 6.07) is 12.5. The number of nitro benzene ring substituents is 1. The van der Waals surface area contributed by atoms with Crippen molar-refractivity contribution in [2.45, 2.75) is 13.8 Å². The molecule has 1 aromatic heterocycles. The van der Waals surface area contributed by atoms with Gasteiger partial charge in [-0.25, -0.2) is 4.98 Å². The molecule has 0 aliphatic heterocycles. The molecule has 0 saturated heterocycles. The second-order valence-electron chi connectivity index (χ2n) is 5.53. The van der Waals surface area contributed by atoms with Crippen LogP contribution in [0.2, 0.25) is 0 Å². The maximum atomic E-state index is 11.3. The molecule has 0 radical (unpaired) electrons. The number of aryl methyl sites for hydroxylation is 2. The number of oxazole rings is 1. The van der Waals surface area contributed by atoms with Crippen LogP contribution in [0, 0.1) is 35.3 Å². The van der Waals surface area contributed by atoms with Gasteiger partial charge in [0.15, 0.2) is 5.58 Å². The average Bonchev–Trinajstić information content (AvgIpc) is 3.00. The van der Waals surface area contributed by atoms with E-state index >= 15 is 0 Å².